The summed E-state index contributed by atoms with van der Waals surface area (Å²) in [5.74, 6) is -0.523. The molecule has 74 valence electrons. The quantitative estimate of drug-likeness (QED) is 0.841. The number of benzene rings is 1. The molecule has 1 aromatic carbocycles. The van der Waals surface area contributed by atoms with Crippen LogP contribution in [0.25, 0.3) is 10.9 Å². The van der Waals surface area contributed by atoms with Gasteiger partial charge in [-0.1, -0.05) is 0 Å². The number of nitrogens with one attached hydrogen (secondary N) is 1. The second-order valence-corrected chi connectivity index (χ2v) is 3.58. The van der Waals surface area contributed by atoms with Crippen LogP contribution in [0, 0.1) is 5.82 Å². The Morgan fingerprint density at radius 1 is 1.36 bits per heavy atom. The first-order valence-electron chi connectivity index (χ1n) is 3.70. The van der Waals surface area contributed by atoms with Crippen molar-refractivity contribution in [1.82, 2.24) is 10.2 Å². The monoisotopic (exact) mass is 264 g/mol. The molecule has 0 unspecified atom stereocenters. The van der Waals surface area contributed by atoms with Crippen LogP contribution in [0.1, 0.15) is 12.1 Å². The summed E-state index contributed by atoms with van der Waals surface area (Å²) in [6.07, 6.45) is -2.64. The summed E-state index contributed by atoms with van der Waals surface area (Å²) in [6, 6.07) is 2.39. The predicted octanol–water partition coefficient (Wildman–Crippen LogP) is 3.40. The molecule has 1 aromatic heterocycles. The molecular weight excluding hydrogens is 261 g/mol. The Morgan fingerprint density at radius 3 is 2.71 bits per heavy atom. The Balaban J connectivity index is 2.74. The van der Waals surface area contributed by atoms with Crippen molar-refractivity contribution in [3.63, 3.8) is 0 Å². The Hall–Kier alpha value is -1.04. The number of alkyl halides is 2. The average Bonchev–Trinajstić information content (AvgIpc) is 2.48. The van der Waals surface area contributed by atoms with E-state index in [-0.39, 0.29) is 21.1 Å². The largest absolute Gasteiger partial charge is 0.280 e. The lowest BCUT2D eigenvalue weighted by Crippen LogP contribution is -1.84. The maximum Gasteiger partial charge on any atom is 0.280 e. The van der Waals surface area contributed by atoms with E-state index in [1.165, 1.54) is 6.07 Å². The lowest BCUT2D eigenvalue weighted by Gasteiger charge is -1.96. The van der Waals surface area contributed by atoms with Gasteiger partial charge in [0.15, 0.2) is 0 Å². The average molecular weight is 265 g/mol. The minimum absolute atomic E-state index is 0.147. The summed E-state index contributed by atoms with van der Waals surface area (Å²) in [7, 11) is 0. The van der Waals surface area contributed by atoms with Crippen molar-refractivity contribution in [2.24, 2.45) is 0 Å². The molecule has 6 heteroatoms. The molecule has 2 nitrogen and oxygen atoms in total. The van der Waals surface area contributed by atoms with E-state index in [1.54, 1.807) is 0 Å². The summed E-state index contributed by atoms with van der Waals surface area (Å²) in [5.41, 5.74) is -0.0956. The number of aromatic nitrogens is 2. The number of nitrogens with zero attached hydrogens (tertiary/aromatic N) is 1. The molecule has 0 bridgehead atoms. The van der Waals surface area contributed by atoms with E-state index >= 15 is 0 Å². The van der Waals surface area contributed by atoms with Crippen LogP contribution < -0.4 is 0 Å². The van der Waals surface area contributed by atoms with Gasteiger partial charge >= 0.3 is 0 Å². The van der Waals surface area contributed by atoms with Crippen LogP contribution >= 0.6 is 15.9 Å². The second-order valence-electron chi connectivity index (χ2n) is 2.72. The number of aromatic amines is 1. The number of fused-ring (bicyclic) bond motifs is 1. The van der Waals surface area contributed by atoms with E-state index in [1.807, 2.05) is 0 Å². The maximum absolute atomic E-state index is 13.0. The molecular formula is C8H4BrF3N2. The second kappa shape index (κ2) is 3.27. The third kappa shape index (κ3) is 1.39. The highest BCUT2D eigenvalue weighted by atomic mass is 79.9. The molecule has 14 heavy (non-hydrogen) atoms. The number of rotatable bonds is 1. The summed E-state index contributed by atoms with van der Waals surface area (Å²) in [5, 5.41) is 5.99. The molecule has 0 saturated carbocycles. The van der Waals surface area contributed by atoms with Crippen LogP contribution in [0.5, 0.6) is 0 Å². The summed E-state index contributed by atoms with van der Waals surface area (Å²) in [6.45, 7) is 0. The van der Waals surface area contributed by atoms with Gasteiger partial charge in [-0.2, -0.15) is 5.10 Å². The Kier molecular flexibility index (Phi) is 2.22. The van der Waals surface area contributed by atoms with Gasteiger partial charge in [-0.05, 0) is 22.0 Å². The molecule has 0 amide bonds. The summed E-state index contributed by atoms with van der Waals surface area (Å²) >= 11 is 2.92. The fraction of sp³-hybridized carbons (Fsp3) is 0.125. The van der Waals surface area contributed by atoms with Crippen molar-refractivity contribution in [2.45, 2.75) is 6.43 Å². The highest BCUT2D eigenvalue weighted by molar-refractivity contribution is 9.10. The van der Waals surface area contributed by atoms with Gasteiger partial charge in [0.2, 0.25) is 0 Å². The molecule has 0 aliphatic carbocycles. The minimum Gasteiger partial charge on any atom is -0.276 e. The van der Waals surface area contributed by atoms with E-state index in [0.29, 0.717) is 0 Å². The fourth-order valence-electron chi connectivity index (χ4n) is 1.19. The zero-order valence-electron chi connectivity index (χ0n) is 6.69. The summed E-state index contributed by atoms with van der Waals surface area (Å²) < 4.78 is 37.9. The predicted molar refractivity (Wildman–Crippen MR) is 48.7 cm³/mol. The minimum atomic E-state index is -2.64. The van der Waals surface area contributed by atoms with Crippen molar-refractivity contribution in [2.75, 3.05) is 0 Å². The van der Waals surface area contributed by atoms with E-state index in [4.69, 9.17) is 0 Å². The molecule has 1 N–H and O–H groups in total. The Morgan fingerprint density at radius 2 is 2.07 bits per heavy atom. The first-order chi connectivity index (χ1) is 6.59. The van der Waals surface area contributed by atoms with Gasteiger partial charge in [0.05, 0.1) is 9.99 Å². The maximum atomic E-state index is 13.0. The topological polar surface area (TPSA) is 28.7 Å². The lowest BCUT2D eigenvalue weighted by atomic mass is 10.2. The molecule has 0 aliphatic heterocycles. The number of hydrogen-bond acceptors (Lipinski definition) is 1. The van der Waals surface area contributed by atoms with Gasteiger partial charge in [0.1, 0.15) is 11.5 Å². The molecule has 0 spiro atoms. The molecule has 2 rings (SSSR count). The van der Waals surface area contributed by atoms with Gasteiger partial charge < -0.3 is 0 Å². The van der Waals surface area contributed by atoms with Gasteiger partial charge in [0, 0.05) is 11.5 Å². The third-order valence-corrected chi connectivity index (χ3v) is 2.45. The smallest absolute Gasteiger partial charge is 0.276 e. The van der Waals surface area contributed by atoms with Crippen molar-refractivity contribution >= 4 is 26.8 Å². The van der Waals surface area contributed by atoms with Crippen molar-refractivity contribution < 1.29 is 13.2 Å². The highest BCUT2D eigenvalue weighted by Crippen LogP contribution is 2.29. The number of halogens is 4. The summed E-state index contributed by atoms with van der Waals surface area (Å²) in [4.78, 5) is 0. The van der Waals surface area contributed by atoms with Crippen LogP contribution in [0.3, 0.4) is 0 Å². The van der Waals surface area contributed by atoms with Gasteiger partial charge in [-0.25, -0.2) is 13.2 Å². The SMILES string of the molecule is Fc1cc2n[nH]c(C(F)F)c2cc1Br. The van der Waals surface area contributed by atoms with E-state index in [0.717, 1.165) is 6.07 Å². The Labute approximate surface area is 85.2 Å². The third-order valence-electron chi connectivity index (χ3n) is 1.84. The van der Waals surface area contributed by atoms with Crippen LogP contribution in [0.2, 0.25) is 0 Å². The first-order valence-corrected chi connectivity index (χ1v) is 4.50. The Bertz CT molecular complexity index is 481. The van der Waals surface area contributed by atoms with Crippen LogP contribution in [-0.2, 0) is 0 Å². The normalized spacial score (nSPS) is 11.5. The van der Waals surface area contributed by atoms with Crippen molar-refractivity contribution in [3.8, 4) is 0 Å². The zero-order chi connectivity index (χ0) is 10.3. The van der Waals surface area contributed by atoms with Gasteiger partial charge in [-0.15, -0.1) is 0 Å². The molecule has 0 radical (unpaired) electrons. The van der Waals surface area contributed by atoms with Crippen molar-refractivity contribution in [3.05, 3.63) is 28.1 Å². The lowest BCUT2D eigenvalue weighted by molar-refractivity contribution is 0.147. The molecule has 0 saturated heterocycles. The molecule has 1 heterocycles. The van der Waals surface area contributed by atoms with Crippen LogP contribution in [0.15, 0.2) is 16.6 Å². The molecule has 0 aliphatic rings. The highest BCUT2D eigenvalue weighted by Gasteiger charge is 2.16. The van der Waals surface area contributed by atoms with Gasteiger partial charge in [0.25, 0.3) is 6.43 Å². The molecule has 0 atom stereocenters. The molecule has 2 aromatic rings. The van der Waals surface area contributed by atoms with Crippen molar-refractivity contribution in [1.29, 1.82) is 0 Å². The first kappa shape index (κ1) is 9.51. The van der Waals surface area contributed by atoms with E-state index in [2.05, 4.69) is 26.1 Å². The van der Waals surface area contributed by atoms with E-state index < -0.39 is 12.2 Å². The number of H-pyrrole nitrogens is 1. The van der Waals surface area contributed by atoms with Crippen LogP contribution in [0.4, 0.5) is 13.2 Å². The zero-order valence-corrected chi connectivity index (χ0v) is 8.28. The van der Waals surface area contributed by atoms with E-state index in [9.17, 15) is 13.2 Å². The molecule has 0 fully saturated rings. The number of hydrogen-bond donors (Lipinski definition) is 1. The fourth-order valence-corrected chi connectivity index (χ4v) is 1.53. The standard InChI is InChI=1S/C8H4BrF3N2/c9-4-1-3-6(2-5(4)10)13-14-7(3)8(11)12/h1-2,8H,(H,13,14). The van der Waals surface area contributed by atoms with Gasteiger partial charge in [-0.3, -0.25) is 5.10 Å². The van der Waals surface area contributed by atoms with Crippen LogP contribution in [-0.4, -0.2) is 10.2 Å².